The number of ether oxygens (including phenoxy) is 1. The van der Waals surface area contributed by atoms with Crippen LogP contribution >= 0.6 is 0 Å². The van der Waals surface area contributed by atoms with Crippen LogP contribution in [0.3, 0.4) is 0 Å². The van der Waals surface area contributed by atoms with Gasteiger partial charge in [-0.3, -0.25) is 9.59 Å². The lowest BCUT2D eigenvalue weighted by atomic mass is 10.0. The molecule has 0 aliphatic rings. The molecule has 84 heavy (non-hydrogen) atoms. The molecule has 0 saturated heterocycles. The summed E-state index contributed by atoms with van der Waals surface area (Å²) in [6, 6.07) is -0.537. The van der Waals surface area contributed by atoms with Gasteiger partial charge in [-0.2, -0.15) is 0 Å². The normalized spacial score (nSPS) is 12.5. The molecule has 6 heteroatoms. The fourth-order valence-electron chi connectivity index (χ4n) is 12.6. The predicted octanol–water partition coefficient (Wildman–Crippen LogP) is 25.5. The molecule has 0 fully saturated rings. The lowest BCUT2D eigenvalue weighted by Crippen LogP contribution is -2.45. The molecule has 0 aromatic rings. The molecule has 0 aliphatic heterocycles. The number of esters is 1. The predicted molar refractivity (Wildman–Crippen MR) is 370 cm³/mol. The molecule has 2 atom stereocenters. The van der Waals surface area contributed by atoms with E-state index < -0.39 is 12.1 Å². The van der Waals surface area contributed by atoms with Gasteiger partial charge in [-0.25, -0.2) is 0 Å². The standard InChI is InChI=1S/C78H153NO5/c1-3-5-7-9-11-13-15-17-18-44-47-50-54-58-62-66-70-76(81)75(74-80)79-77(82)71-67-63-59-55-51-48-45-42-40-38-36-34-32-30-28-26-24-22-20-19-21-23-25-27-29-31-33-35-37-39-41-43-46-49-53-57-61-65-69-73-84-78(83)72-68-64-60-56-52-16-14-12-10-8-6-4-2/h19-20,75-76,80-81H,3-18,21-74H2,1-2H3,(H,79,82)/b20-19-. The minimum atomic E-state index is -0.660. The summed E-state index contributed by atoms with van der Waals surface area (Å²) in [7, 11) is 0. The first-order chi connectivity index (χ1) is 41.5. The van der Waals surface area contributed by atoms with Crippen molar-refractivity contribution in [2.75, 3.05) is 13.2 Å². The van der Waals surface area contributed by atoms with E-state index in [2.05, 4.69) is 31.3 Å². The molecule has 3 N–H and O–H groups in total. The highest BCUT2D eigenvalue weighted by Gasteiger charge is 2.20. The molecule has 0 aromatic carbocycles. The molecule has 0 bridgehead atoms. The average Bonchev–Trinajstić information content (AvgIpc) is 3.50. The van der Waals surface area contributed by atoms with Crippen molar-refractivity contribution < 1.29 is 24.5 Å². The molecule has 0 aliphatic carbocycles. The van der Waals surface area contributed by atoms with Crippen molar-refractivity contribution in [3.8, 4) is 0 Å². The molecule has 0 radical (unpaired) electrons. The zero-order valence-electron chi connectivity index (χ0n) is 57.4. The van der Waals surface area contributed by atoms with Crippen LogP contribution in [0.4, 0.5) is 0 Å². The van der Waals surface area contributed by atoms with Crippen molar-refractivity contribution in [3.05, 3.63) is 12.2 Å². The van der Waals surface area contributed by atoms with E-state index in [-0.39, 0.29) is 18.5 Å². The fourth-order valence-corrected chi connectivity index (χ4v) is 12.6. The van der Waals surface area contributed by atoms with E-state index in [1.807, 2.05) is 0 Å². The molecule has 2 unspecified atom stereocenters. The minimum absolute atomic E-state index is 0.0241. The number of nitrogens with one attached hydrogen (secondary N) is 1. The third kappa shape index (κ3) is 69.7. The molecule has 0 rings (SSSR count). The summed E-state index contributed by atoms with van der Waals surface area (Å²) in [5.74, 6) is -0.00229. The molecule has 6 nitrogen and oxygen atoms in total. The summed E-state index contributed by atoms with van der Waals surface area (Å²) in [4.78, 5) is 24.6. The van der Waals surface area contributed by atoms with Crippen molar-refractivity contribution in [1.82, 2.24) is 5.32 Å². The molecule has 0 aromatic heterocycles. The number of aliphatic hydroxyl groups excluding tert-OH is 2. The van der Waals surface area contributed by atoms with Crippen molar-refractivity contribution in [2.24, 2.45) is 0 Å². The highest BCUT2D eigenvalue weighted by molar-refractivity contribution is 5.76. The van der Waals surface area contributed by atoms with Crippen LogP contribution in [-0.2, 0) is 14.3 Å². The first-order valence-electron chi connectivity index (χ1n) is 38.9. The Hall–Kier alpha value is -1.40. The lowest BCUT2D eigenvalue weighted by Gasteiger charge is -2.22. The van der Waals surface area contributed by atoms with Gasteiger partial charge in [0.2, 0.25) is 5.91 Å². The smallest absolute Gasteiger partial charge is 0.305 e. The summed E-state index contributed by atoms with van der Waals surface area (Å²) < 4.78 is 5.49. The van der Waals surface area contributed by atoms with Crippen molar-refractivity contribution in [1.29, 1.82) is 0 Å². The van der Waals surface area contributed by atoms with Crippen molar-refractivity contribution >= 4 is 11.9 Å². The third-order valence-corrected chi connectivity index (χ3v) is 18.6. The van der Waals surface area contributed by atoms with E-state index in [1.54, 1.807) is 0 Å². The fraction of sp³-hybridized carbons (Fsp3) is 0.949. The minimum Gasteiger partial charge on any atom is -0.466 e. The van der Waals surface area contributed by atoms with Gasteiger partial charge in [0, 0.05) is 12.8 Å². The van der Waals surface area contributed by atoms with Gasteiger partial charge in [0.15, 0.2) is 0 Å². The summed E-state index contributed by atoms with van der Waals surface area (Å²) in [5, 5.41) is 23.4. The van der Waals surface area contributed by atoms with E-state index in [0.29, 0.717) is 25.9 Å². The van der Waals surface area contributed by atoms with Gasteiger partial charge in [0.25, 0.3) is 0 Å². The Morgan fingerprint density at radius 2 is 0.560 bits per heavy atom. The summed E-state index contributed by atoms with van der Waals surface area (Å²) >= 11 is 0. The molecular weight excluding hydrogens is 1030 g/mol. The number of carbonyl (C=O) groups is 2. The van der Waals surface area contributed by atoms with Crippen LogP contribution in [0.1, 0.15) is 450 Å². The van der Waals surface area contributed by atoms with Gasteiger partial charge in [-0.1, -0.05) is 398 Å². The largest absolute Gasteiger partial charge is 0.466 e. The van der Waals surface area contributed by atoms with Crippen LogP contribution in [0.25, 0.3) is 0 Å². The number of unbranched alkanes of at least 4 members (excludes halogenated alkanes) is 61. The number of rotatable bonds is 74. The van der Waals surface area contributed by atoms with Gasteiger partial charge in [-0.15, -0.1) is 0 Å². The van der Waals surface area contributed by atoms with Crippen molar-refractivity contribution in [3.63, 3.8) is 0 Å². The Balaban J connectivity index is 3.31. The Morgan fingerprint density at radius 1 is 0.321 bits per heavy atom. The Morgan fingerprint density at radius 3 is 0.845 bits per heavy atom. The van der Waals surface area contributed by atoms with Gasteiger partial charge >= 0.3 is 5.97 Å². The Bertz CT molecular complexity index is 1270. The van der Waals surface area contributed by atoms with E-state index in [1.165, 1.54) is 379 Å². The second kappa shape index (κ2) is 74.1. The van der Waals surface area contributed by atoms with Crippen LogP contribution < -0.4 is 5.32 Å². The maximum Gasteiger partial charge on any atom is 0.305 e. The maximum absolute atomic E-state index is 12.5. The SMILES string of the molecule is CCCCCCCCCCCCCCCCCCC(O)C(CO)NC(=O)CCCCCCCCCCCCCCCCCCC/C=C\CCCCCCCCCCCCCCCCCCCCOC(=O)CCCCCCCCCCCCCC. The van der Waals surface area contributed by atoms with Crippen LogP contribution in [-0.4, -0.2) is 47.4 Å². The number of allylic oxidation sites excluding steroid dienone is 2. The average molecular weight is 1190 g/mol. The van der Waals surface area contributed by atoms with E-state index >= 15 is 0 Å². The molecule has 500 valence electrons. The quantitative estimate of drug-likeness (QED) is 0.0320. The van der Waals surface area contributed by atoms with Crippen LogP contribution in [0.5, 0.6) is 0 Å². The third-order valence-electron chi connectivity index (χ3n) is 18.6. The van der Waals surface area contributed by atoms with E-state index in [4.69, 9.17) is 4.74 Å². The van der Waals surface area contributed by atoms with Crippen LogP contribution in [0.2, 0.25) is 0 Å². The number of hydrogen-bond donors (Lipinski definition) is 3. The molecule has 0 saturated carbocycles. The first kappa shape index (κ1) is 82.6. The number of amides is 1. The number of hydrogen-bond acceptors (Lipinski definition) is 5. The van der Waals surface area contributed by atoms with Gasteiger partial charge in [0.05, 0.1) is 25.4 Å². The Kier molecular flexibility index (Phi) is 72.8. The van der Waals surface area contributed by atoms with Crippen LogP contribution in [0.15, 0.2) is 12.2 Å². The summed E-state index contributed by atoms with van der Waals surface area (Å²) in [6.07, 6.45) is 93.1. The highest BCUT2D eigenvalue weighted by atomic mass is 16.5. The highest BCUT2D eigenvalue weighted by Crippen LogP contribution is 2.20. The molecule has 0 spiro atoms. The summed E-state index contributed by atoms with van der Waals surface area (Å²) in [5.41, 5.74) is 0. The molecule has 0 heterocycles. The van der Waals surface area contributed by atoms with Gasteiger partial charge in [0.1, 0.15) is 0 Å². The first-order valence-corrected chi connectivity index (χ1v) is 38.9. The van der Waals surface area contributed by atoms with Crippen molar-refractivity contribution in [2.45, 2.75) is 463 Å². The topological polar surface area (TPSA) is 95.9 Å². The van der Waals surface area contributed by atoms with E-state index in [9.17, 15) is 19.8 Å². The lowest BCUT2D eigenvalue weighted by molar-refractivity contribution is -0.143. The number of aliphatic hydroxyl groups is 2. The zero-order valence-corrected chi connectivity index (χ0v) is 57.4. The van der Waals surface area contributed by atoms with E-state index in [0.717, 1.165) is 38.5 Å². The monoisotopic (exact) mass is 1180 g/mol. The number of carbonyl (C=O) groups excluding carboxylic acids is 2. The second-order valence-corrected chi connectivity index (χ2v) is 27.0. The second-order valence-electron chi connectivity index (χ2n) is 27.0. The van der Waals surface area contributed by atoms with Gasteiger partial charge in [-0.05, 0) is 51.4 Å². The summed E-state index contributed by atoms with van der Waals surface area (Å²) in [6.45, 7) is 5.00. The Labute approximate surface area is 527 Å². The maximum atomic E-state index is 12.5. The molecule has 1 amide bonds. The van der Waals surface area contributed by atoms with Gasteiger partial charge < -0.3 is 20.3 Å². The van der Waals surface area contributed by atoms with Crippen LogP contribution in [0, 0.1) is 0 Å². The molecular formula is C78H153NO5. The zero-order chi connectivity index (χ0) is 60.6.